The molecule has 0 rings (SSSR count). The molecule has 464 valence electrons. The summed E-state index contributed by atoms with van der Waals surface area (Å²) < 4.78 is 17.0. The molecule has 0 N–H and O–H groups in total. The zero-order chi connectivity index (χ0) is 57.8. The smallest absolute Gasteiger partial charge is 0.306 e. The molecule has 0 fully saturated rings. The second-order valence-electron chi connectivity index (χ2n) is 23.4. The molecular formula is C74H132O6. The lowest BCUT2D eigenvalue weighted by Crippen LogP contribution is -2.30. The zero-order valence-electron chi connectivity index (χ0n) is 53.3. The van der Waals surface area contributed by atoms with Crippen LogP contribution < -0.4 is 0 Å². The summed E-state index contributed by atoms with van der Waals surface area (Å²) in [6.07, 6.45) is 89.2. The van der Waals surface area contributed by atoms with Crippen molar-refractivity contribution in [2.24, 2.45) is 0 Å². The Kier molecular flexibility index (Phi) is 65.7. The molecule has 0 aromatic rings. The third-order valence-corrected chi connectivity index (χ3v) is 15.5. The molecule has 1 unspecified atom stereocenters. The van der Waals surface area contributed by atoms with E-state index in [1.165, 1.54) is 212 Å². The van der Waals surface area contributed by atoms with Gasteiger partial charge in [-0.05, 0) is 70.6 Å². The SMILES string of the molecule is CC/C=C\C/C=C\C/C=C\C/C=C\C/C=C\C/C=C\CCCCCCC(=O)OC(COC(=O)CCCCCCCCCCCCCCCCC)COC(=O)CCCCCCCCCCCCCCCCCCCCCCCCCC. The van der Waals surface area contributed by atoms with Crippen molar-refractivity contribution in [3.63, 3.8) is 0 Å². The Hall–Kier alpha value is -3.15. The van der Waals surface area contributed by atoms with Crippen LogP contribution >= 0.6 is 0 Å². The van der Waals surface area contributed by atoms with Gasteiger partial charge in [-0.2, -0.15) is 0 Å². The Morgan fingerprint density at radius 3 is 0.762 bits per heavy atom. The van der Waals surface area contributed by atoms with Gasteiger partial charge in [0.2, 0.25) is 0 Å². The minimum absolute atomic E-state index is 0.0812. The summed E-state index contributed by atoms with van der Waals surface area (Å²) in [6.45, 7) is 6.57. The molecule has 0 radical (unpaired) electrons. The van der Waals surface area contributed by atoms with E-state index >= 15 is 0 Å². The van der Waals surface area contributed by atoms with Gasteiger partial charge in [0.25, 0.3) is 0 Å². The molecule has 0 aromatic heterocycles. The van der Waals surface area contributed by atoms with Crippen LogP contribution in [0.2, 0.25) is 0 Å². The van der Waals surface area contributed by atoms with Gasteiger partial charge in [-0.1, -0.05) is 344 Å². The van der Waals surface area contributed by atoms with E-state index in [1.807, 2.05) is 0 Å². The highest BCUT2D eigenvalue weighted by molar-refractivity contribution is 5.71. The van der Waals surface area contributed by atoms with Crippen LogP contribution in [-0.4, -0.2) is 37.2 Å². The summed E-state index contributed by atoms with van der Waals surface area (Å²) in [5.41, 5.74) is 0. The fourth-order valence-electron chi connectivity index (χ4n) is 10.3. The lowest BCUT2D eigenvalue weighted by Gasteiger charge is -2.18. The van der Waals surface area contributed by atoms with Crippen LogP contribution in [0.4, 0.5) is 0 Å². The monoisotopic (exact) mass is 1120 g/mol. The van der Waals surface area contributed by atoms with E-state index in [9.17, 15) is 14.4 Å². The predicted octanol–water partition coefficient (Wildman–Crippen LogP) is 24.1. The minimum atomic E-state index is -0.788. The highest BCUT2D eigenvalue weighted by atomic mass is 16.6. The molecule has 6 heteroatoms. The quantitative estimate of drug-likeness (QED) is 0.0261. The van der Waals surface area contributed by atoms with Crippen LogP contribution in [0, 0.1) is 0 Å². The highest BCUT2D eigenvalue weighted by Crippen LogP contribution is 2.18. The molecule has 0 aliphatic heterocycles. The number of hydrogen-bond donors (Lipinski definition) is 0. The first-order chi connectivity index (χ1) is 39.5. The summed E-state index contributed by atoms with van der Waals surface area (Å²) in [5.74, 6) is -0.883. The van der Waals surface area contributed by atoms with Crippen molar-refractivity contribution in [3.05, 3.63) is 72.9 Å². The molecule has 0 aliphatic carbocycles. The summed E-state index contributed by atoms with van der Waals surface area (Å²) in [7, 11) is 0. The van der Waals surface area contributed by atoms with Gasteiger partial charge >= 0.3 is 17.9 Å². The van der Waals surface area contributed by atoms with Crippen LogP contribution in [0.25, 0.3) is 0 Å². The van der Waals surface area contributed by atoms with Gasteiger partial charge in [-0.25, -0.2) is 0 Å². The van der Waals surface area contributed by atoms with E-state index < -0.39 is 6.10 Å². The standard InChI is InChI=1S/C74H132O6/c1-4-7-10-13-16-19-22-25-28-30-32-34-36-38-39-41-43-46-49-52-55-58-61-64-67-73(76)79-70-71(69-78-72(75)66-63-60-57-54-51-48-45-27-24-21-18-15-12-9-6-3)80-74(77)68-65-62-59-56-53-50-47-44-42-40-37-35-33-31-29-26-23-20-17-14-11-8-5-2/h8,11,17,20,26,29,33,35,40,42,47,50,71H,4-7,9-10,12-16,18-19,21-25,27-28,30-32,34,36-39,41,43-46,48-49,51-70H2,1-3H3/b11-8-,20-17-,29-26-,35-33-,42-40-,50-47-. The molecule has 6 nitrogen and oxygen atoms in total. The number of allylic oxidation sites excluding steroid dienone is 12. The Balaban J connectivity index is 4.35. The maximum atomic E-state index is 12.9. The maximum absolute atomic E-state index is 12.9. The Morgan fingerprint density at radius 2 is 0.487 bits per heavy atom. The van der Waals surface area contributed by atoms with Crippen molar-refractivity contribution in [2.75, 3.05) is 13.2 Å². The largest absolute Gasteiger partial charge is 0.462 e. The third-order valence-electron chi connectivity index (χ3n) is 15.5. The lowest BCUT2D eigenvalue weighted by molar-refractivity contribution is -0.167. The fourth-order valence-corrected chi connectivity index (χ4v) is 10.3. The summed E-state index contributed by atoms with van der Waals surface area (Å²) >= 11 is 0. The van der Waals surface area contributed by atoms with Gasteiger partial charge in [0, 0.05) is 19.3 Å². The summed E-state index contributed by atoms with van der Waals surface area (Å²) in [5, 5.41) is 0. The number of rotatable bonds is 64. The number of esters is 3. The summed E-state index contributed by atoms with van der Waals surface area (Å²) in [4.78, 5) is 38.4. The lowest BCUT2D eigenvalue weighted by atomic mass is 10.0. The van der Waals surface area contributed by atoms with Crippen molar-refractivity contribution < 1.29 is 28.6 Å². The first-order valence-corrected chi connectivity index (χ1v) is 34.9. The van der Waals surface area contributed by atoms with Gasteiger partial charge in [-0.15, -0.1) is 0 Å². The first kappa shape index (κ1) is 76.9. The van der Waals surface area contributed by atoms with Gasteiger partial charge in [0.1, 0.15) is 13.2 Å². The van der Waals surface area contributed by atoms with E-state index in [0.717, 1.165) is 109 Å². The number of carbonyl (C=O) groups is 3. The number of hydrogen-bond acceptors (Lipinski definition) is 6. The average Bonchev–Trinajstić information content (AvgIpc) is 3.46. The van der Waals surface area contributed by atoms with E-state index in [1.54, 1.807) is 0 Å². The van der Waals surface area contributed by atoms with E-state index in [4.69, 9.17) is 14.2 Å². The number of ether oxygens (including phenoxy) is 3. The van der Waals surface area contributed by atoms with Crippen LogP contribution in [-0.2, 0) is 28.6 Å². The molecule has 0 amide bonds. The van der Waals surface area contributed by atoms with E-state index in [2.05, 4.69) is 93.7 Å². The van der Waals surface area contributed by atoms with Crippen molar-refractivity contribution in [1.29, 1.82) is 0 Å². The maximum Gasteiger partial charge on any atom is 0.306 e. The number of carbonyl (C=O) groups excluding carboxylic acids is 3. The van der Waals surface area contributed by atoms with Crippen LogP contribution in [0.1, 0.15) is 361 Å². The molecule has 0 heterocycles. The average molecular weight is 1120 g/mol. The van der Waals surface area contributed by atoms with Gasteiger partial charge in [0.15, 0.2) is 6.10 Å². The van der Waals surface area contributed by atoms with Crippen LogP contribution in [0.15, 0.2) is 72.9 Å². The Labute approximate surface area is 497 Å². The minimum Gasteiger partial charge on any atom is -0.462 e. The van der Waals surface area contributed by atoms with Crippen molar-refractivity contribution in [3.8, 4) is 0 Å². The third kappa shape index (κ3) is 65.7. The molecule has 0 aromatic carbocycles. The molecule has 80 heavy (non-hydrogen) atoms. The van der Waals surface area contributed by atoms with E-state index in [-0.39, 0.29) is 31.1 Å². The van der Waals surface area contributed by atoms with Crippen LogP contribution in [0.3, 0.4) is 0 Å². The van der Waals surface area contributed by atoms with Crippen molar-refractivity contribution in [2.45, 2.75) is 367 Å². The zero-order valence-corrected chi connectivity index (χ0v) is 53.3. The molecular weight excluding hydrogens is 985 g/mol. The number of unbranched alkanes of at least 4 members (excludes halogenated alkanes) is 41. The molecule has 0 aliphatic rings. The summed E-state index contributed by atoms with van der Waals surface area (Å²) in [6, 6.07) is 0. The molecule has 1 atom stereocenters. The highest BCUT2D eigenvalue weighted by Gasteiger charge is 2.19. The first-order valence-electron chi connectivity index (χ1n) is 34.9. The molecule has 0 spiro atoms. The predicted molar refractivity (Wildman–Crippen MR) is 348 cm³/mol. The van der Waals surface area contributed by atoms with E-state index in [0.29, 0.717) is 19.3 Å². The second-order valence-corrected chi connectivity index (χ2v) is 23.4. The van der Waals surface area contributed by atoms with Crippen molar-refractivity contribution in [1.82, 2.24) is 0 Å². The Bertz CT molecular complexity index is 1470. The molecule has 0 saturated heterocycles. The topological polar surface area (TPSA) is 78.9 Å². The van der Waals surface area contributed by atoms with Gasteiger partial charge < -0.3 is 14.2 Å². The normalized spacial score (nSPS) is 12.5. The fraction of sp³-hybridized carbons (Fsp3) is 0.797. The van der Waals surface area contributed by atoms with Crippen LogP contribution in [0.5, 0.6) is 0 Å². The van der Waals surface area contributed by atoms with Crippen molar-refractivity contribution >= 4 is 17.9 Å². The Morgan fingerprint density at radius 1 is 0.263 bits per heavy atom. The van der Waals surface area contributed by atoms with Gasteiger partial charge in [-0.3, -0.25) is 14.4 Å². The molecule has 0 bridgehead atoms. The van der Waals surface area contributed by atoms with Gasteiger partial charge in [0.05, 0.1) is 0 Å². The second kappa shape index (κ2) is 68.3. The molecule has 0 saturated carbocycles.